The second-order valence-electron chi connectivity index (χ2n) is 4.07. The summed E-state index contributed by atoms with van der Waals surface area (Å²) in [4.78, 5) is 14.1. The first-order valence-electron chi connectivity index (χ1n) is 5.29. The highest BCUT2D eigenvalue weighted by Gasteiger charge is 2.25. The first kappa shape index (κ1) is 14.5. The smallest absolute Gasteiger partial charge is 0.273 e. The van der Waals surface area contributed by atoms with Gasteiger partial charge in [0.2, 0.25) is 0 Å². The fraction of sp³-hybridized carbons (Fsp3) is 0.600. The Labute approximate surface area is 115 Å². The Bertz CT molecular complexity index is 390. The zero-order valence-electron chi connectivity index (χ0n) is 9.81. The molecule has 1 atom stereocenters. The Kier molecular flexibility index (Phi) is 4.97. The third-order valence-corrected chi connectivity index (χ3v) is 3.33. The summed E-state index contributed by atoms with van der Waals surface area (Å²) in [5.41, 5.74) is 0.620. The van der Waals surface area contributed by atoms with Crippen LogP contribution in [0.4, 0.5) is 0 Å². The Morgan fingerprint density at radius 1 is 1.65 bits per heavy atom. The number of carbonyl (C=O) groups excluding carboxylic acids is 1. The van der Waals surface area contributed by atoms with Crippen molar-refractivity contribution < 1.29 is 4.79 Å². The molecule has 1 fully saturated rings. The first-order chi connectivity index (χ1) is 7.59. The van der Waals surface area contributed by atoms with Crippen molar-refractivity contribution in [2.75, 3.05) is 19.6 Å². The summed E-state index contributed by atoms with van der Waals surface area (Å²) in [6.07, 6.45) is 1.65. The molecule has 2 heterocycles. The van der Waals surface area contributed by atoms with E-state index in [1.54, 1.807) is 17.9 Å². The third-order valence-electron chi connectivity index (χ3n) is 2.75. The zero-order valence-corrected chi connectivity index (χ0v) is 12.2. The summed E-state index contributed by atoms with van der Waals surface area (Å²) in [6.45, 7) is 4.43. The van der Waals surface area contributed by atoms with Crippen LogP contribution in [0.5, 0.6) is 0 Å². The van der Waals surface area contributed by atoms with E-state index in [4.69, 9.17) is 0 Å². The predicted molar refractivity (Wildman–Crippen MR) is 71.5 cm³/mol. The van der Waals surface area contributed by atoms with Crippen molar-refractivity contribution >= 4 is 34.2 Å². The molecular formula is C10H16BrClN4O. The molecule has 0 saturated carbocycles. The van der Waals surface area contributed by atoms with Crippen molar-refractivity contribution in [2.24, 2.45) is 7.05 Å². The van der Waals surface area contributed by atoms with Crippen molar-refractivity contribution in [2.45, 2.75) is 13.0 Å². The van der Waals surface area contributed by atoms with Gasteiger partial charge < -0.3 is 10.2 Å². The molecule has 5 nitrogen and oxygen atoms in total. The average Bonchev–Trinajstić information content (AvgIpc) is 2.58. The molecule has 17 heavy (non-hydrogen) atoms. The van der Waals surface area contributed by atoms with Gasteiger partial charge in [0.1, 0.15) is 5.69 Å². The fourth-order valence-corrected chi connectivity index (χ4v) is 2.44. The van der Waals surface area contributed by atoms with Gasteiger partial charge in [0.25, 0.3) is 5.91 Å². The molecule has 7 heteroatoms. The van der Waals surface area contributed by atoms with Crippen LogP contribution in [0.25, 0.3) is 0 Å². The minimum Gasteiger partial charge on any atom is -0.334 e. The summed E-state index contributed by atoms with van der Waals surface area (Å²) < 4.78 is 2.37. The van der Waals surface area contributed by atoms with Gasteiger partial charge in [-0.2, -0.15) is 5.10 Å². The van der Waals surface area contributed by atoms with Crippen LogP contribution in [-0.2, 0) is 7.05 Å². The molecule has 0 aromatic carbocycles. The summed E-state index contributed by atoms with van der Waals surface area (Å²) in [5, 5.41) is 7.37. The number of hydrogen-bond acceptors (Lipinski definition) is 3. The normalized spacial score (nSPS) is 19.9. The van der Waals surface area contributed by atoms with Gasteiger partial charge >= 0.3 is 0 Å². The lowest BCUT2D eigenvalue weighted by molar-refractivity contribution is 0.0697. The summed E-state index contributed by atoms with van der Waals surface area (Å²) >= 11 is 3.35. The highest BCUT2D eigenvalue weighted by molar-refractivity contribution is 9.10. The molecule has 1 aliphatic rings. The van der Waals surface area contributed by atoms with Crippen molar-refractivity contribution in [1.82, 2.24) is 20.0 Å². The monoisotopic (exact) mass is 322 g/mol. The molecule has 1 aliphatic heterocycles. The topological polar surface area (TPSA) is 50.2 Å². The molecule has 0 radical (unpaired) electrons. The Morgan fingerprint density at radius 3 is 2.88 bits per heavy atom. The van der Waals surface area contributed by atoms with E-state index in [2.05, 4.69) is 33.3 Å². The number of piperazine rings is 1. The maximum absolute atomic E-state index is 12.3. The second kappa shape index (κ2) is 5.84. The standard InChI is InChI=1S/C10H15BrN4O.ClH/c1-7-6-15(4-3-12-7)10(16)9-8(11)5-13-14(9)2;/h5,7,12H,3-4,6H2,1-2H3;1H/t7-;/m1./s1. The number of aryl methyl sites for hydroxylation is 1. The van der Waals surface area contributed by atoms with Crippen LogP contribution < -0.4 is 5.32 Å². The molecular weight excluding hydrogens is 307 g/mol. The summed E-state index contributed by atoms with van der Waals surface area (Å²) in [5.74, 6) is 0.0419. The van der Waals surface area contributed by atoms with E-state index in [0.29, 0.717) is 11.7 Å². The average molecular weight is 324 g/mol. The number of rotatable bonds is 1. The lowest BCUT2D eigenvalue weighted by Gasteiger charge is -2.31. The molecule has 2 rings (SSSR count). The van der Waals surface area contributed by atoms with Crippen molar-refractivity contribution in [3.8, 4) is 0 Å². The van der Waals surface area contributed by atoms with Gasteiger partial charge in [0.05, 0.1) is 10.7 Å². The SMILES string of the molecule is C[C@@H]1CN(C(=O)c2c(Br)cnn2C)CCN1.Cl. The Morgan fingerprint density at radius 2 is 2.35 bits per heavy atom. The number of aromatic nitrogens is 2. The molecule has 1 N–H and O–H groups in total. The van der Waals surface area contributed by atoms with Gasteiger partial charge in [-0.25, -0.2) is 0 Å². The van der Waals surface area contributed by atoms with Gasteiger partial charge in [-0.3, -0.25) is 9.48 Å². The lowest BCUT2D eigenvalue weighted by Crippen LogP contribution is -2.51. The minimum atomic E-state index is 0. The lowest BCUT2D eigenvalue weighted by atomic mass is 10.2. The molecule has 0 aliphatic carbocycles. The number of nitrogens with zero attached hydrogens (tertiary/aromatic N) is 3. The van der Waals surface area contributed by atoms with Crippen molar-refractivity contribution in [1.29, 1.82) is 0 Å². The van der Waals surface area contributed by atoms with Gasteiger partial charge in [0, 0.05) is 32.7 Å². The van der Waals surface area contributed by atoms with E-state index in [1.807, 2.05) is 4.90 Å². The van der Waals surface area contributed by atoms with Crippen LogP contribution in [0.1, 0.15) is 17.4 Å². The quantitative estimate of drug-likeness (QED) is 0.840. The maximum Gasteiger partial charge on any atom is 0.273 e. The summed E-state index contributed by atoms with van der Waals surface area (Å²) in [7, 11) is 1.78. The largest absolute Gasteiger partial charge is 0.334 e. The van der Waals surface area contributed by atoms with Gasteiger partial charge in [-0.15, -0.1) is 12.4 Å². The predicted octanol–water partition coefficient (Wildman–Crippen LogP) is 1.04. The number of hydrogen-bond donors (Lipinski definition) is 1. The number of carbonyl (C=O) groups is 1. The van der Waals surface area contributed by atoms with Gasteiger partial charge in [-0.05, 0) is 22.9 Å². The Balaban J connectivity index is 0.00000144. The van der Waals surface area contributed by atoms with E-state index >= 15 is 0 Å². The van der Waals surface area contributed by atoms with Crippen LogP contribution in [0.15, 0.2) is 10.7 Å². The first-order valence-corrected chi connectivity index (χ1v) is 6.09. The van der Waals surface area contributed by atoms with Crippen LogP contribution in [-0.4, -0.2) is 46.3 Å². The molecule has 1 aromatic rings. The van der Waals surface area contributed by atoms with Crippen molar-refractivity contribution in [3.63, 3.8) is 0 Å². The molecule has 1 saturated heterocycles. The highest BCUT2D eigenvalue weighted by atomic mass is 79.9. The van der Waals surface area contributed by atoms with Crippen LogP contribution in [0, 0.1) is 0 Å². The number of amides is 1. The van der Waals surface area contributed by atoms with E-state index in [9.17, 15) is 4.79 Å². The zero-order chi connectivity index (χ0) is 11.7. The van der Waals surface area contributed by atoms with Crippen LogP contribution >= 0.6 is 28.3 Å². The van der Waals surface area contributed by atoms with E-state index in [1.165, 1.54) is 0 Å². The highest BCUT2D eigenvalue weighted by Crippen LogP contribution is 2.17. The van der Waals surface area contributed by atoms with Crippen LogP contribution in [0.2, 0.25) is 0 Å². The molecule has 96 valence electrons. The van der Waals surface area contributed by atoms with E-state index in [-0.39, 0.29) is 18.3 Å². The minimum absolute atomic E-state index is 0. The second-order valence-corrected chi connectivity index (χ2v) is 4.93. The van der Waals surface area contributed by atoms with Crippen molar-refractivity contribution in [3.05, 3.63) is 16.4 Å². The van der Waals surface area contributed by atoms with Gasteiger partial charge in [0.15, 0.2) is 0 Å². The Hall–Kier alpha value is -0.590. The third kappa shape index (κ3) is 3.00. The molecule has 0 bridgehead atoms. The summed E-state index contributed by atoms with van der Waals surface area (Å²) in [6, 6.07) is 0.352. The maximum atomic E-state index is 12.3. The van der Waals surface area contributed by atoms with E-state index < -0.39 is 0 Å². The van der Waals surface area contributed by atoms with E-state index in [0.717, 1.165) is 24.1 Å². The molecule has 0 spiro atoms. The fourth-order valence-electron chi connectivity index (χ4n) is 1.92. The van der Waals surface area contributed by atoms with Gasteiger partial charge in [-0.1, -0.05) is 0 Å². The number of halogens is 2. The van der Waals surface area contributed by atoms with Crippen LogP contribution in [0.3, 0.4) is 0 Å². The molecule has 1 amide bonds. The molecule has 0 unspecified atom stereocenters. The number of nitrogens with one attached hydrogen (secondary N) is 1. The molecule has 1 aromatic heterocycles.